The quantitative estimate of drug-likeness (QED) is 0.620. The molecule has 8 nitrogen and oxygen atoms in total. The van der Waals surface area contributed by atoms with E-state index in [-0.39, 0.29) is 11.6 Å². The molecule has 0 unspecified atom stereocenters. The Balaban J connectivity index is 1.08. The summed E-state index contributed by atoms with van der Waals surface area (Å²) in [5, 5.41) is 15.9. The molecule has 2 heterocycles. The van der Waals surface area contributed by atoms with Crippen molar-refractivity contribution in [1.29, 1.82) is 0 Å². The summed E-state index contributed by atoms with van der Waals surface area (Å²) in [7, 11) is 0. The number of hydrogen-bond acceptors (Lipinski definition) is 7. The molecule has 2 aliphatic carbocycles. The Morgan fingerprint density at radius 2 is 1.70 bits per heavy atom. The molecule has 33 heavy (non-hydrogen) atoms. The second-order valence-electron chi connectivity index (χ2n) is 9.75. The number of benzene rings is 1. The molecule has 5 rings (SSSR count). The predicted octanol–water partition coefficient (Wildman–Crippen LogP) is 3.52. The van der Waals surface area contributed by atoms with Gasteiger partial charge in [0.1, 0.15) is 0 Å². The Labute approximate surface area is 199 Å². The van der Waals surface area contributed by atoms with Crippen LogP contribution < -0.4 is 21.3 Å². The molecule has 0 bridgehead atoms. The van der Waals surface area contributed by atoms with E-state index < -0.39 is 0 Å². The van der Waals surface area contributed by atoms with Crippen molar-refractivity contribution in [3.05, 3.63) is 35.9 Å². The van der Waals surface area contributed by atoms with E-state index in [1.807, 2.05) is 0 Å². The number of anilines is 2. The molecule has 1 aromatic carbocycles. The van der Waals surface area contributed by atoms with E-state index in [0.717, 1.165) is 69.8 Å². The van der Waals surface area contributed by atoms with Crippen LogP contribution in [0.25, 0.3) is 0 Å². The number of carbonyl (C=O) groups excluding carboxylic acids is 1. The Hall–Kier alpha value is -2.23. The van der Waals surface area contributed by atoms with Crippen molar-refractivity contribution in [2.24, 2.45) is 5.73 Å². The molecule has 0 radical (unpaired) electrons. The zero-order valence-electron chi connectivity index (χ0n) is 19.2. The molecule has 0 spiro atoms. The number of nitrogens with two attached hydrogens (primary N) is 1. The van der Waals surface area contributed by atoms with Gasteiger partial charge < -0.3 is 16.0 Å². The first kappa shape index (κ1) is 22.6. The highest BCUT2D eigenvalue weighted by Crippen LogP contribution is 2.37. The average molecular weight is 470 g/mol. The van der Waals surface area contributed by atoms with Crippen LogP contribution in [-0.2, 0) is 5.54 Å². The van der Waals surface area contributed by atoms with Crippen molar-refractivity contribution in [3.8, 4) is 0 Å². The van der Waals surface area contributed by atoms with E-state index in [0.29, 0.717) is 17.2 Å². The monoisotopic (exact) mass is 469 g/mol. The molecule has 9 heteroatoms. The lowest BCUT2D eigenvalue weighted by atomic mass is 9.75. The summed E-state index contributed by atoms with van der Waals surface area (Å²) in [6, 6.07) is 11.3. The summed E-state index contributed by atoms with van der Waals surface area (Å²) in [6.45, 7) is 3.92. The smallest absolute Gasteiger partial charge is 0.321 e. The lowest BCUT2D eigenvalue weighted by Gasteiger charge is -2.44. The maximum absolute atomic E-state index is 12.2. The van der Waals surface area contributed by atoms with Gasteiger partial charge in [0.15, 0.2) is 0 Å². The lowest BCUT2D eigenvalue weighted by Crippen LogP contribution is -2.53. The van der Waals surface area contributed by atoms with E-state index in [4.69, 9.17) is 5.73 Å². The van der Waals surface area contributed by atoms with Crippen molar-refractivity contribution in [2.75, 3.05) is 36.4 Å². The second kappa shape index (κ2) is 9.95. The van der Waals surface area contributed by atoms with Crippen molar-refractivity contribution < 1.29 is 4.79 Å². The minimum Gasteiger partial charge on any atom is -0.344 e. The van der Waals surface area contributed by atoms with Crippen LogP contribution in [-0.4, -0.2) is 59.4 Å². The number of nitrogens with one attached hydrogen (secondary N) is 2. The first-order valence-electron chi connectivity index (χ1n) is 12.3. The fourth-order valence-corrected chi connectivity index (χ4v) is 6.39. The Morgan fingerprint density at radius 3 is 2.39 bits per heavy atom. The summed E-state index contributed by atoms with van der Waals surface area (Å²) in [5.41, 5.74) is 7.87. The second-order valence-corrected chi connectivity index (χ2v) is 10.7. The van der Waals surface area contributed by atoms with Gasteiger partial charge in [-0.15, -0.1) is 10.2 Å². The third-order valence-corrected chi connectivity index (χ3v) is 8.52. The van der Waals surface area contributed by atoms with Gasteiger partial charge in [0.2, 0.25) is 10.3 Å². The number of carbonyl (C=O) groups is 1. The maximum Gasteiger partial charge on any atom is 0.321 e. The first-order chi connectivity index (χ1) is 16.1. The number of amides is 2. The molecular weight excluding hydrogens is 434 g/mol. The van der Waals surface area contributed by atoms with Gasteiger partial charge in [-0.3, -0.25) is 10.2 Å². The zero-order valence-corrected chi connectivity index (χ0v) is 20.0. The fourth-order valence-electron chi connectivity index (χ4n) is 5.60. The summed E-state index contributed by atoms with van der Waals surface area (Å²) in [6.07, 6.45) is 8.90. The number of rotatable bonds is 5. The van der Waals surface area contributed by atoms with E-state index in [1.165, 1.54) is 29.7 Å². The normalized spacial score (nSPS) is 26.9. The van der Waals surface area contributed by atoms with Crippen LogP contribution in [0.2, 0.25) is 0 Å². The molecule has 3 fully saturated rings. The van der Waals surface area contributed by atoms with Crippen LogP contribution in [0.15, 0.2) is 30.3 Å². The standard InChI is InChI=1S/C24H35N7OS/c25-24(18-6-2-1-3-7-18)12-10-20(11-13-24)30-14-16-31(17-15-30)23-29-28-22(33-23)27-21(32)26-19-8-4-5-9-19/h1-3,6-7,19-20H,4-5,8-17,25H2,(H2,26,27,28,32). The van der Waals surface area contributed by atoms with Gasteiger partial charge in [-0.25, -0.2) is 4.79 Å². The maximum atomic E-state index is 12.2. The fraction of sp³-hybridized carbons (Fsp3) is 0.625. The minimum absolute atomic E-state index is 0.168. The van der Waals surface area contributed by atoms with Crippen LogP contribution in [0, 0.1) is 0 Å². The molecule has 2 amide bonds. The average Bonchev–Trinajstić information content (AvgIpc) is 3.53. The summed E-state index contributed by atoms with van der Waals surface area (Å²) in [4.78, 5) is 17.1. The van der Waals surface area contributed by atoms with Crippen LogP contribution in [0.3, 0.4) is 0 Å². The summed E-state index contributed by atoms with van der Waals surface area (Å²) < 4.78 is 0. The summed E-state index contributed by atoms with van der Waals surface area (Å²) >= 11 is 1.46. The third kappa shape index (κ3) is 5.31. The number of hydrogen-bond donors (Lipinski definition) is 3. The SMILES string of the molecule is NC1(c2ccccc2)CCC(N2CCN(c3nnc(NC(=O)NC4CCCC4)s3)CC2)CC1. The highest BCUT2D eigenvalue weighted by molar-refractivity contribution is 7.19. The molecule has 1 aliphatic heterocycles. The highest BCUT2D eigenvalue weighted by atomic mass is 32.1. The minimum atomic E-state index is -0.181. The molecule has 2 aromatic rings. The van der Waals surface area contributed by atoms with Gasteiger partial charge in [0.05, 0.1) is 0 Å². The number of aromatic nitrogens is 2. The third-order valence-electron chi connectivity index (χ3n) is 7.62. The molecule has 0 atom stereocenters. The highest BCUT2D eigenvalue weighted by Gasteiger charge is 2.36. The summed E-state index contributed by atoms with van der Waals surface area (Å²) in [5.74, 6) is 0. The van der Waals surface area contributed by atoms with Crippen LogP contribution in [0.5, 0.6) is 0 Å². The molecule has 2 saturated carbocycles. The lowest BCUT2D eigenvalue weighted by molar-refractivity contribution is 0.118. The number of nitrogens with zero attached hydrogens (tertiary/aromatic N) is 4. The van der Waals surface area contributed by atoms with Gasteiger partial charge >= 0.3 is 6.03 Å². The van der Waals surface area contributed by atoms with Crippen LogP contribution in [0.1, 0.15) is 56.9 Å². The van der Waals surface area contributed by atoms with Crippen molar-refractivity contribution in [2.45, 2.75) is 69.0 Å². The van der Waals surface area contributed by atoms with Crippen LogP contribution in [0.4, 0.5) is 15.1 Å². The molecule has 178 valence electrons. The topological polar surface area (TPSA) is 99.4 Å². The van der Waals surface area contributed by atoms with Gasteiger partial charge in [-0.1, -0.05) is 54.5 Å². The Kier molecular flexibility index (Phi) is 6.80. The first-order valence-corrected chi connectivity index (χ1v) is 13.2. The van der Waals surface area contributed by atoms with Crippen molar-refractivity contribution >= 4 is 27.6 Å². The molecular formula is C24H35N7OS. The van der Waals surface area contributed by atoms with E-state index >= 15 is 0 Å². The molecule has 4 N–H and O–H groups in total. The van der Waals surface area contributed by atoms with Gasteiger partial charge in [-0.05, 0) is 44.1 Å². The van der Waals surface area contributed by atoms with Gasteiger partial charge in [0.25, 0.3) is 0 Å². The number of piperazine rings is 1. The van der Waals surface area contributed by atoms with Crippen molar-refractivity contribution in [1.82, 2.24) is 20.4 Å². The van der Waals surface area contributed by atoms with Crippen molar-refractivity contribution in [3.63, 3.8) is 0 Å². The van der Waals surface area contributed by atoms with E-state index in [9.17, 15) is 4.79 Å². The number of urea groups is 1. The van der Waals surface area contributed by atoms with Gasteiger partial charge in [0, 0.05) is 43.8 Å². The van der Waals surface area contributed by atoms with Gasteiger partial charge in [-0.2, -0.15) is 0 Å². The predicted molar refractivity (Wildman–Crippen MR) is 133 cm³/mol. The molecule has 1 saturated heterocycles. The molecule has 1 aromatic heterocycles. The Bertz CT molecular complexity index is 914. The zero-order chi connectivity index (χ0) is 22.7. The molecule has 3 aliphatic rings. The Morgan fingerprint density at radius 1 is 1.00 bits per heavy atom. The van der Waals surface area contributed by atoms with Crippen LogP contribution >= 0.6 is 11.3 Å². The van der Waals surface area contributed by atoms with E-state index in [1.54, 1.807) is 0 Å². The van der Waals surface area contributed by atoms with E-state index in [2.05, 4.69) is 61.0 Å². The largest absolute Gasteiger partial charge is 0.344 e.